The molecule has 0 saturated heterocycles. The molecule has 4 rings (SSSR count). The Morgan fingerprint density at radius 3 is 2.47 bits per heavy atom. The van der Waals surface area contributed by atoms with Gasteiger partial charge in [-0.3, -0.25) is 4.79 Å². The van der Waals surface area contributed by atoms with Crippen LogP contribution in [0.1, 0.15) is 42.7 Å². The van der Waals surface area contributed by atoms with Gasteiger partial charge in [-0.1, -0.05) is 42.5 Å². The minimum Gasteiger partial charge on any atom is -0.462 e. The molecular formula is C24H22FNO4. The van der Waals surface area contributed by atoms with E-state index in [1.54, 1.807) is 19.1 Å². The molecule has 0 fully saturated rings. The van der Waals surface area contributed by atoms with Crippen molar-refractivity contribution in [1.29, 1.82) is 0 Å². The number of ether oxygens (including phenoxy) is 2. The number of carbonyl (C=O) groups is 2. The van der Waals surface area contributed by atoms with Gasteiger partial charge in [0.05, 0.1) is 12.5 Å². The molecule has 2 atom stereocenters. The molecule has 2 N–H and O–H groups in total. The van der Waals surface area contributed by atoms with Crippen molar-refractivity contribution in [3.8, 4) is 0 Å². The van der Waals surface area contributed by atoms with Crippen molar-refractivity contribution in [2.75, 3.05) is 6.61 Å². The van der Waals surface area contributed by atoms with Gasteiger partial charge in [0.1, 0.15) is 17.1 Å². The van der Waals surface area contributed by atoms with Crippen LogP contribution in [0.15, 0.2) is 77.4 Å². The first-order chi connectivity index (χ1) is 14.5. The molecule has 0 saturated carbocycles. The van der Waals surface area contributed by atoms with Gasteiger partial charge < -0.3 is 15.2 Å². The van der Waals surface area contributed by atoms with Gasteiger partial charge >= 0.3 is 5.97 Å². The first-order valence-electron chi connectivity index (χ1n) is 9.90. The molecule has 2 aliphatic rings. The number of benzene rings is 2. The minimum absolute atomic E-state index is 0.0386. The minimum atomic E-state index is -0.752. The van der Waals surface area contributed by atoms with Crippen molar-refractivity contribution >= 4 is 11.8 Å². The maximum Gasteiger partial charge on any atom is 0.340 e. The summed E-state index contributed by atoms with van der Waals surface area (Å²) >= 11 is 0. The first kappa shape index (κ1) is 19.9. The van der Waals surface area contributed by atoms with Crippen LogP contribution >= 0.6 is 0 Å². The number of Topliss-reactive ketones (excluding diaryl/α,β-unsaturated/α-hetero) is 1. The van der Waals surface area contributed by atoms with Crippen LogP contribution in [-0.2, 0) is 19.1 Å². The highest BCUT2D eigenvalue weighted by atomic mass is 19.1. The van der Waals surface area contributed by atoms with E-state index >= 15 is 0 Å². The van der Waals surface area contributed by atoms with Gasteiger partial charge in [-0.15, -0.1) is 0 Å². The van der Waals surface area contributed by atoms with E-state index in [-0.39, 0.29) is 29.8 Å². The van der Waals surface area contributed by atoms with Crippen molar-refractivity contribution in [2.45, 2.75) is 31.6 Å². The second-order valence-corrected chi connectivity index (χ2v) is 7.36. The number of nitrogens with two attached hydrogens (primary N) is 1. The number of esters is 1. The number of halogens is 1. The lowest BCUT2D eigenvalue weighted by atomic mass is 9.73. The largest absolute Gasteiger partial charge is 0.462 e. The zero-order valence-electron chi connectivity index (χ0n) is 16.6. The Bertz CT molecular complexity index is 1040. The predicted octanol–water partition coefficient (Wildman–Crippen LogP) is 4.07. The molecule has 0 bridgehead atoms. The quantitative estimate of drug-likeness (QED) is 0.773. The van der Waals surface area contributed by atoms with Crippen molar-refractivity contribution in [1.82, 2.24) is 0 Å². The molecule has 0 spiro atoms. The average molecular weight is 407 g/mol. The molecule has 1 aliphatic carbocycles. The van der Waals surface area contributed by atoms with Gasteiger partial charge in [-0.05, 0) is 36.1 Å². The molecule has 2 aromatic carbocycles. The Hall–Kier alpha value is -3.41. The SMILES string of the molecule is CCOC(=O)C1=C(N)OC2=C(C(=O)C[C@@H](c3ccccc3)C2)[C@H]1c1ccc(F)cc1. The topological polar surface area (TPSA) is 78.6 Å². The van der Waals surface area contributed by atoms with Crippen molar-refractivity contribution in [3.63, 3.8) is 0 Å². The average Bonchev–Trinajstić information content (AvgIpc) is 2.74. The molecule has 0 unspecified atom stereocenters. The highest BCUT2D eigenvalue weighted by Crippen LogP contribution is 2.47. The molecule has 6 heteroatoms. The molecule has 0 amide bonds. The number of rotatable bonds is 4. The fourth-order valence-electron chi connectivity index (χ4n) is 4.16. The van der Waals surface area contributed by atoms with Crippen LogP contribution in [0.5, 0.6) is 0 Å². The van der Waals surface area contributed by atoms with Crippen LogP contribution in [0.3, 0.4) is 0 Å². The Balaban J connectivity index is 1.80. The highest BCUT2D eigenvalue weighted by molar-refractivity contribution is 6.03. The van der Waals surface area contributed by atoms with E-state index in [1.165, 1.54) is 12.1 Å². The third-order valence-corrected chi connectivity index (χ3v) is 5.51. The van der Waals surface area contributed by atoms with Crippen LogP contribution in [0, 0.1) is 5.82 Å². The van der Waals surface area contributed by atoms with Crippen LogP contribution in [0.25, 0.3) is 0 Å². The Morgan fingerprint density at radius 2 is 1.80 bits per heavy atom. The fraction of sp³-hybridized carbons (Fsp3) is 0.250. The maximum absolute atomic E-state index is 13.5. The third-order valence-electron chi connectivity index (χ3n) is 5.51. The van der Waals surface area contributed by atoms with Crippen LogP contribution < -0.4 is 5.73 Å². The number of hydrogen-bond acceptors (Lipinski definition) is 5. The van der Waals surface area contributed by atoms with Gasteiger partial charge in [0, 0.05) is 18.4 Å². The standard InChI is InChI=1S/C24H22FNO4/c1-2-29-24(28)22-20(15-8-10-17(25)11-9-15)21-18(27)12-16(13-19(21)30-23(22)26)14-6-4-3-5-7-14/h3-11,16,20H,2,12-13,26H2,1H3/t16-,20-/m1/s1. The second-order valence-electron chi connectivity index (χ2n) is 7.36. The zero-order chi connectivity index (χ0) is 21.3. The fourth-order valence-corrected chi connectivity index (χ4v) is 4.16. The van der Waals surface area contributed by atoms with E-state index in [2.05, 4.69) is 0 Å². The molecule has 30 heavy (non-hydrogen) atoms. The van der Waals surface area contributed by atoms with Gasteiger partial charge in [-0.25, -0.2) is 9.18 Å². The lowest BCUT2D eigenvalue weighted by molar-refractivity contribution is -0.139. The smallest absolute Gasteiger partial charge is 0.340 e. The first-order valence-corrected chi connectivity index (χ1v) is 9.90. The van der Waals surface area contributed by atoms with E-state index in [9.17, 15) is 14.0 Å². The lowest BCUT2D eigenvalue weighted by Gasteiger charge is -2.35. The van der Waals surface area contributed by atoms with E-state index in [1.807, 2.05) is 30.3 Å². The van der Waals surface area contributed by atoms with Crippen LogP contribution in [-0.4, -0.2) is 18.4 Å². The summed E-state index contributed by atoms with van der Waals surface area (Å²) in [6.45, 7) is 1.84. The zero-order valence-corrected chi connectivity index (χ0v) is 16.6. The summed E-state index contributed by atoms with van der Waals surface area (Å²) in [5.74, 6) is -1.58. The summed E-state index contributed by atoms with van der Waals surface area (Å²) < 4.78 is 24.5. The van der Waals surface area contributed by atoms with E-state index in [4.69, 9.17) is 15.2 Å². The predicted molar refractivity (Wildman–Crippen MR) is 109 cm³/mol. The van der Waals surface area contributed by atoms with E-state index < -0.39 is 17.7 Å². The Morgan fingerprint density at radius 1 is 1.10 bits per heavy atom. The molecule has 1 heterocycles. The van der Waals surface area contributed by atoms with Crippen LogP contribution in [0.4, 0.5) is 4.39 Å². The van der Waals surface area contributed by atoms with Crippen molar-refractivity contribution in [2.24, 2.45) is 5.73 Å². The molecule has 2 aromatic rings. The third kappa shape index (κ3) is 3.61. The summed E-state index contributed by atoms with van der Waals surface area (Å²) in [7, 11) is 0. The Kier molecular flexibility index (Phi) is 5.40. The number of hydrogen-bond donors (Lipinski definition) is 1. The van der Waals surface area contributed by atoms with E-state index in [0.717, 1.165) is 5.56 Å². The normalized spacial score (nSPS) is 21.2. The summed E-state index contributed by atoms with van der Waals surface area (Å²) in [4.78, 5) is 25.9. The summed E-state index contributed by atoms with van der Waals surface area (Å²) in [5.41, 5.74) is 8.24. The number of allylic oxidation sites excluding steroid dienone is 2. The molecule has 154 valence electrons. The van der Waals surface area contributed by atoms with Crippen molar-refractivity contribution < 1.29 is 23.5 Å². The van der Waals surface area contributed by atoms with Gasteiger partial charge in [-0.2, -0.15) is 0 Å². The maximum atomic E-state index is 13.5. The summed E-state index contributed by atoms with van der Waals surface area (Å²) in [6, 6.07) is 15.4. The van der Waals surface area contributed by atoms with Gasteiger partial charge in [0.2, 0.25) is 5.88 Å². The molecule has 0 aromatic heterocycles. The second kappa shape index (κ2) is 8.14. The summed E-state index contributed by atoms with van der Waals surface area (Å²) in [5, 5.41) is 0. The lowest BCUT2D eigenvalue weighted by Crippen LogP contribution is -2.33. The van der Waals surface area contributed by atoms with Gasteiger partial charge in [0.15, 0.2) is 5.78 Å². The molecule has 0 radical (unpaired) electrons. The molecular weight excluding hydrogens is 385 g/mol. The monoisotopic (exact) mass is 407 g/mol. The number of carbonyl (C=O) groups excluding carboxylic acids is 2. The van der Waals surface area contributed by atoms with Gasteiger partial charge in [0.25, 0.3) is 0 Å². The summed E-state index contributed by atoms with van der Waals surface area (Å²) in [6.07, 6.45) is 0.777. The van der Waals surface area contributed by atoms with E-state index in [0.29, 0.717) is 29.7 Å². The van der Waals surface area contributed by atoms with Crippen molar-refractivity contribution in [3.05, 3.63) is 94.3 Å². The molecule has 1 aliphatic heterocycles. The molecule has 5 nitrogen and oxygen atoms in total. The van der Waals surface area contributed by atoms with Crippen LogP contribution in [0.2, 0.25) is 0 Å². The highest BCUT2D eigenvalue weighted by Gasteiger charge is 2.43. The Labute approximate surface area is 174 Å². The number of ketones is 1.